The van der Waals surface area contributed by atoms with Crippen LogP contribution in [-0.4, -0.2) is 30.1 Å². The Hall–Kier alpha value is -2.77. The topological polar surface area (TPSA) is 78.0 Å². The standard InChI is InChI=1S/C19H18N2O5/c1-12(22)26-19(2)15-5-3-4-6-16(15)21(18(19)23)14-9-13(10-20-11-14)17-24-7-8-25-17/h3-6,9-11,17H,7-8H2,1-2H3. The molecule has 2 aliphatic heterocycles. The van der Waals surface area contributed by atoms with Crippen LogP contribution in [0.4, 0.5) is 11.4 Å². The van der Waals surface area contributed by atoms with Crippen LogP contribution in [-0.2, 0) is 29.4 Å². The summed E-state index contributed by atoms with van der Waals surface area (Å²) in [6.45, 7) is 3.94. The second kappa shape index (κ2) is 6.19. The van der Waals surface area contributed by atoms with Crippen LogP contribution in [0.3, 0.4) is 0 Å². The molecule has 1 fully saturated rings. The van der Waals surface area contributed by atoms with E-state index in [9.17, 15) is 9.59 Å². The molecule has 0 aliphatic carbocycles. The maximum Gasteiger partial charge on any atom is 0.304 e. The lowest BCUT2D eigenvalue weighted by atomic mass is 9.97. The fourth-order valence-corrected chi connectivity index (χ4v) is 3.40. The summed E-state index contributed by atoms with van der Waals surface area (Å²) in [4.78, 5) is 30.6. The van der Waals surface area contributed by atoms with Crippen molar-refractivity contribution in [3.63, 3.8) is 0 Å². The average Bonchev–Trinajstić information content (AvgIpc) is 3.22. The first-order valence-electron chi connectivity index (χ1n) is 8.32. The number of carbonyl (C=O) groups is 2. The smallest absolute Gasteiger partial charge is 0.304 e. The van der Waals surface area contributed by atoms with E-state index in [1.807, 2.05) is 18.2 Å². The number of rotatable bonds is 3. The van der Waals surface area contributed by atoms with Crippen LogP contribution in [0.15, 0.2) is 42.7 Å². The number of anilines is 2. The summed E-state index contributed by atoms with van der Waals surface area (Å²) >= 11 is 0. The number of benzene rings is 1. The van der Waals surface area contributed by atoms with E-state index in [1.54, 1.807) is 31.5 Å². The summed E-state index contributed by atoms with van der Waals surface area (Å²) in [5, 5.41) is 0. The van der Waals surface area contributed by atoms with Crippen LogP contribution in [0.5, 0.6) is 0 Å². The van der Waals surface area contributed by atoms with Crippen molar-refractivity contribution < 1.29 is 23.8 Å². The largest absolute Gasteiger partial charge is 0.444 e. The average molecular weight is 354 g/mol. The zero-order chi connectivity index (χ0) is 18.3. The SMILES string of the molecule is CC(=O)OC1(C)C(=O)N(c2cncc(C3OCCO3)c2)c2ccccc21. The molecule has 0 saturated carbocycles. The molecular weight excluding hydrogens is 336 g/mol. The molecule has 1 amide bonds. The van der Waals surface area contributed by atoms with E-state index in [-0.39, 0.29) is 5.91 Å². The molecule has 0 spiro atoms. The van der Waals surface area contributed by atoms with Gasteiger partial charge in [-0.1, -0.05) is 18.2 Å². The summed E-state index contributed by atoms with van der Waals surface area (Å²) in [6, 6.07) is 9.05. The van der Waals surface area contributed by atoms with Gasteiger partial charge in [0.25, 0.3) is 5.91 Å². The zero-order valence-corrected chi connectivity index (χ0v) is 14.5. The Morgan fingerprint density at radius 3 is 2.73 bits per heavy atom. The van der Waals surface area contributed by atoms with Crippen molar-refractivity contribution >= 4 is 23.3 Å². The third kappa shape index (κ3) is 2.56. The minimum Gasteiger partial charge on any atom is -0.444 e. The van der Waals surface area contributed by atoms with Crippen LogP contribution in [0.1, 0.15) is 31.3 Å². The highest BCUT2D eigenvalue weighted by Crippen LogP contribution is 2.46. The number of para-hydroxylation sites is 1. The van der Waals surface area contributed by atoms with Crippen molar-refractivity contribution in [3.05, 3.63) is 53.9 Å². The molecule has 1 aromatic carbocycles. The molecule has 0 N–H and O–H groups in total. The highest BCUT2D eigenvalue weighted by atomic mass is 16.7. The molecule has 1 atom stereocenters. The van der Waals surface area contributed by atoms with Crippen molar-refractivity contribution in [2.75, 3.05) is 18.1 Å². The summed E-state index contributed by atoms with van der Waals surface area (Å²) in [7, 11) is 0. The predicted octanol–water partition coefficient (Wildman–Crippen LogP) is 2.58. The molecule has 1 saturated heterocycles. The molecule has 26 heavy (non-hydrogen) atoms. The van der Waals surface area contributed by atoms with Crippen molar-refractivity contribution in [1.82, 2.24) is 4.98 Å². The number of nitrogens with zero attached hydrogens (tertiary/aromatic N) is 2. The van der Waals surface area contributed by atoms with Gasteiger partial charge in [0, 0.05) is 24.2 Å². The molecule has 1 unspecified atom stereocenters. The number of esters is 1. The maximum atomic E-state index is 13.2. The minimum atomic E-state index is -1.38. The Kier molecular flexibility index (Phi) is 3.97. The van der Waals surface area contributed by atoms with E-state index in [2.05, 4.69) is 4.98 Å². The molecular formula is C19H18N2O5. The van der Waals surface area contributed by atoms with Crippen molar-refractivity contribution in [2.24, 2.45) is 0 Å². The molecule has 7 nitrogen and oxygen atoms in total. The van der Waals surface area contributed by atoms with Crippen LogP contribution >= 0.6 is 0 Å². The fourth-order valence-electron chi connectivity index (χ4n) is 3.40. The van der Waals surface area contributed by atoms with Gasteiger partial charge in [-0.2, -0.15) is 0 Å². The van der Waals surface area contributed by atoms with E-state index >= 15 is 0 Å². The van der Waals surface area contributed by atoms with Gasteiger partial charge in [-0.05, 0) is 19.1 Å². The van der Waals surface area contributed by atoms with E-state index in [0.717, 1.165) is 5.56 Å². The molecule has 134 valence electrons. The fraction of sp³-hybridized carbons (Fsp3) is 0.316. The number of amides is 1. The van der Waals surface area contributed by atoms with Gasteiger partial charge < -0.3 is 14.2 Å². The molecule has 2 aromatic rings. The van der Waals surface area contributed by atoms with E-state index in [4.69, 9.17) is 14.2 Å². The Labute approximate surface area is 150 Å². The first-order valence-corrected chi connectivity index (χ1v) is 8.32. The molecule has 4 rings (SSSR count). The quantitative estimate of drug-likeness (QED) is 0.789. The van der Waals surface area contributed by atoms with Crippen LogP contribution in [0.25, 0.3) is 0 Å². The molecule has 0 bridgehead atoms. The van der Waals surface area contributed by atoms with Crippen LogP contribution in [0.2, 0.25) is 0 Å². The van der Waals surface area contributed by atoms with Gasteiger partial charge in [-0.15, -0.1) is 0 Å². The molecule has 0 radical (unpaired) electrons. The normalized spacial score (nSPS) is 22.5. The highest BCUT2D eigenvalue weighted by Gasteiger charge is 2.51. The lowest BCUT2D eigenvalue weighted by molar-refractivity contribution is -0.163. The number of ether oxygens (including phenoxy) is 3. The lowest BCUT2D eigenvalue weighted by Crippen LogP contribution is -2.39. The number of carbonyl (C=O) groups excluding carboxylic acids is 2. The second-order valence-electron chi connectivity index (χ2n) is 6.33. The number of fused-ring (bicyclic) bond motifs is 1. The van der Waals surface area contributed by atoms with Crippen molar-refractivity contribution in [3.8, 4) is 0 Å². The Morgan fingerprint density at radius 2 is 2.00 bits per heavy atom. The van der Waals surface area contributed by atoms with E-state index in [0.29, 0.717) is 30.2 Å². The van der Waals surface area contributed by atoms with Crippen molar-refractivity contribution in [1.29, 1.82) is 0 Å². The van der Waals surface area contributed by atoms with Gasteiger partial charge >= 0.3 is 5.97 Å². The number of pyridine rings is 1. The van der Waals surface area contributed by atoms with Gasteiger partial charge in [0.2, 0.25) is 5.60 Å². The minimum absolute atomic E-state index is 0.346. The summed E-state index contributed by atoms with van der Waals surface area (Å²) in [5.74, 6) is -0.863. The van der Waals surface area contributed by atoms with Gasteiger partial charge in [-0.25, -0.2) is 0 Å². The molecule has 7 heteroatoms. The summed E-state index contributed by atoms with van der Waals surface area (Å²) in [6.07, 6.45) is 2.75. The number of hydrogen-bond donors (Lipinski definition) is 0. The summed E-state index contributed by atoms with van der Waals surface area (Å²) < 4.78 is 16.4. The van der Waals surface area contributed by atoms with E-state index in [1.165, 1.54) is 11.8 Å². The van der Waals surface area contributed by atoms with Gasteiger partial charge in [-0.3, -0.25) is 19.5 Å². The van der Waals surface area contributed by atoms with Crippen molar-refractivity contribution in [2.45, 2.75) is 25.7 Å². The summed E-state index contributed by atoms with van der Waals surface area (Å²) in [5.41, 5.74) is 1.22. The third-order valence-electron chi connectivity index (χ3n) is 4.52. The van der Waals surface area contributed by atoms with Crippen LogP contribution < -0.4 is 4.90 Å². The van der Waals surface area contributed by atoms with Gasteiger partial charge in [0.05, 0.1) is 30.8 Å². The van der Waals surface area contributed by atoms with Crippen LogP contribution in [0, 0.1) is 0 Å². The first-order chi connectivity index (χ1) is 12.5. The Morgan fingerprint density at radius 1 is 1.27 bits per heavy atom. The Bertz CT molecular complexity index is 878. The van der Waals surface area contributed by atoms with E-state index < -0.39 is 17.9 Å². The first kappa shape index (κ1) is 16.7. The number of hydrogen-bond acceptors (Lipinski definition) is 6. The predicted molar refractivity (Wildman–Crippen MR) is 91.6 cm³/mol. The monoisotopic (exact) mass is 354 g/mol. The molecule has 1 aromatic heterocycles. The van der Waals surface area contributed by atoms with Gasteiger partial charge in [0.15, 0.2) is 6.29 Å². The molecule has 3 heterocycles. The second-order valence-corrected chi connectivity index (χ2v) is 6.33. The number of aromatic nitrogens is 1. The third-order valence-corrected chi connectivity index (χ3v) is 4.52. The Balaban J connectivity index is 1.79. The maximum absolute atomic E-state index is 13.2. The van der Waals surface area contributed by atoms with Gasteiger partial charge in [0.1, 0.15) is 0 Å². The zero-order valence-electron chi connectivity index (χ0n) is 14.5. The lowest BCUT2D eigenvalue weighted by Gasteiger charge is -2.24. The highest BCUT2D eigenvalue weighted by molar-refractivity contribution is 6.12. The molecule has 2 aliphatic rings.